The zero-order chi connectivity index (χ0) is 43.9. The Morgan fingerprint density at radius 1 is 0.452 bits per heavy atom. The molecule has 2 heterocycles. The molecule has 0 radical (unpaired) electrons. The summed E-state index contributed by atoms with van der Waals surface area (Å²) in [6.07, 6.45) is 10.5. The highest BCUT2D eigenvalue weighted by atomic mass is 19.3. The fourth-order valence-electron chi connectivity index (χ4n) is 10.2. The van der Waals surface area contributed by atoms with Crippen LogP contribution in [0.5, 0.6) is 0 Å². The minimum atomic E-state index is -4.58. The van der Waals surface area contributed by atoms with Crippen molar-refractivity contribution >= 4 is 66.7 Å². The number of fused-ring (bicyclic) bond motifs is 2. The first-order valence-electron chi connectivity index (χ1n) is 22.6. The van der Waals surface area contributed by atoms with E-state index in [1.165, 1.54) is 23.1 Å². The Morgan fingerprint density at radius 2 is 0.855 bits per heavy atom. The maximum Gasteiger partial charge on any atom is 0.335 e. The zero-order valence-corrected chi connectivity index (χ0v) is 35.8. The van der Waals surface area contributed by atoms with Crippen LogP contribution in [0.2, 0.25) is 0 Å². The van der Waals surface area contributed by atoms with Crippen LogP contribution in [0.3, 0.4) is 0 Å². The Balaban J connectivity index is 1.17. The van der Waals surface area contributed by atoms with E-state index in [-0.39, 0.29) is 41.7 Å². The molecular formula is C52H54F4N2O4. The minimum Gasteiger partial charge on any atom is -0.274 e. The molecule has 2 aliphatic heterocycles. The summed E-state index contributed by atoms with van der Waals surface area (Å²) in [6.45, 7) is 5.77. The highest BCUT2D eigenvalue weighted by molar-refractivity contribution is 6.41. The number of carbonyl (C=O) groups excluding carboxylic acids is 4. The Hall–Kier alpha value is -5.38. The summed E-state index contributed by atoms with van der Waals surface area (Å²) in [7, 11) is 0. The van der Waals surface area contributed by atoms with Gasteiger partial charge in [-0.3, -0.25) is 29.0 Å². The third-order valence-electron chi connectivity index (χ3n) is 13.6. The van der Waals surface area contributed by atoms with Crippen molar-refractivity contribution in [3.05, 3.63) is 107 Å². The largest absolute Gasteiger partial charge is 0.335 e. The number of unbranched alkanes of at least 4 members (excludes halogenated alkanes) is 7. The lowest BCUT2D eigenvalue weighted by molar-refractivity contribution is -0.245. The molecule has 8 rings (SSSR count). The minimum absolute atomic E-state index is 0.116. The van der Waals surface area contributed by atoms with Gasteiger partial charge in [0.15, 0.2) is 0 Å². The molecule has 6 aromatic rings. The van der Waals surface area contributed by atoms with Gasteiger partial charge in [-0.2, -0.15) is 17.6 Å². The normalized spacial score (nSPS) is 15.6. The van der Waals surface area contributed by atoms with Crippen molar-refractivity contribution in [1.82, 2.24) is 9.80 Å². The molecule has 0 bridgehead atoms. The quantitative estimate of drug-likeness (QED) is 0.0252. The number of nitrogens with zero attached hydrogens (tertiary/aromatic N) is 2. The molecule has 6 nitrogen and oxygen atoms in total. The van der Waals surface area contributed by atoms with E-state index >= 15 is 17.6 Å². The third-order valence-corrected chi connectivity index (χ3v) is 13.6. The van der Waals surface area contributed by atoms with Gasteiger partial charge in [0.1, 0.15) is 0 Å². The predicted molar refractivity (Wildman–Crippen MR) is 238 cm³/mol. The fourth-order valence-corrected chi connectivity index (χ4v) is 10.2. The number of alkyl halides is 4. The standard InChI is InChI=1S/C52H54F4N2O4/c1-4-7-10-13-18-32(17-9-6-3)30-57-47(59)39-26-22-35-37-24-28-41-46-42(29-25-38(44(37)46)36-23-27-40(48(57)60)45(39)43(35)36)50(62)58(49(41)61)31-34(21-14-11-8-5-2)52(55,56)51(53,54)33-19-15-12-16-20-33/h12,15-16,19-20,22-29,32,34H,4-11,13-14,17-18,21,30-31H2,1-3H3. The molecule has 2 atom stereocenters. The highest BCUT2D eigenvalue weighted by Crippen LogP contribution is 2.50. The molecule has 324 valence electrons. The van der Waals surface area contributed by atoms with Crippen LogP contribution in [0.15, 0.2) is 78.9 Å². The van der Waals surface area contributed by atoms with Gasteiger partial charge in [0, 0.05) is 57.6 Å². The van der Waals surface area contributed by atoms with Gasteiger partial charge in [-0.25, -0.2) is 0 Å². The molecule has 0 spiro atoms. The second-order valence-electron chi connectivity index (χ2n) is 17.6. The van der Waals surface area contributed by atoms with Gasteiger partial charge in [-0.1, -0.05) is 140 Å². The van der Waals surface area contributed by atoms with Gasteiger partial charge < -0.3 is 0 Å². The van der Waals surface area contributed by atoms with E-state index in [0.29, 0.717) is 51.0 Å². The Morgan fingerprint density at radius 3 is 1.29 bits per heavy atom. The van der Waals surface area contributed by atoms with Gasteiger partial charge in [0.2, 0.25) is 0 Å². The van der Waals surface area contributed by atoms with E-state index in [2.05, 4.69) is 13.8 Å². The monoisotopic (exact) mass is 846 g/mol. The predicted octanol–water partition coefficient (Wildman–Crippen LogP) is 13.7. The van der Waals surface area contributed by atoms with Crippen molar-refractivity contribution in [2.75, 3.05) is 13.1 Å². The second kappa shape index (κ2) is 17.4. The van der Waals surface area contributed by atoms with Gasteiger partial charge in [-0.15, -0.1) is 0 Å². The number of rotatable bonds is 20. The molecule has 0 N–H and O–H groups in total. The molecule has 0 aliphatic carbocycles. The third kappa shape index (κ3) is 7.21. The molecule has 0 saturated carbocycles. The maximum absolute atomic E-state index is 16.3. The summed E-state index contributed by atoms with van der Waals surface area (Å²) in [5.41, 5.74) is 0.305. The van der Waals surface area contributed by atoms with Crippen LogP contribution in [0.1, 0.15) is 151 Å². The number of carbonyl (C=O) groups is 4. The molecule has 0 fully saturated rings. The van der Waals surface area contributed by atoms with Crippen molar-refractivity contribution in [2.45, 2.75) is 116 Å². The Bertz CT molecular complexity index is 2560. The van der Waals surface area contributed by atoms with Gasteiger partial charge in [0.05, 0.1) is 0 Å². The molecule has 6 aromatic carbocycles. The SMILES string of the molecule is CCCCCCC(CCCC)CN1C(=O)c2ccc3c4ccc5c6c(ccc(c7ccc(c2c37)C1=O)c64)C(=O)N(CC(CCCCCC)C(F)(F)C(F)(F)c1ccccc1)C5=O. The summed E-state index contributed by atoms with van der Waals surface area (Å²) < 4.78 is 64.2. The van der Waals surface area contributed by atoms with Crippen LogP contribution in [-0.4, -0.2) is 52.4 Å². The van der Waals surface area contributed by atoms with Crippen molar-refractivity contribution in [3.63, 3.8) is 0 Å². The average molecular weight is 847 g/mol. The van der Waals surface area contributed by atoms with E-state index in [0.717, 1.165) is 97.4 Å². The molecule has 10 heteroatoms. The molecule has 62 heavy (non-hydrogen) atoms. The first-order valence-corrected chi connectivity index (χ1v) is 22.6. The number of hydrogen-bond donors (Lipinski definition) is 0. The molecule has 0 saturated heterocycles. The molecular weight excluding hydrogens is 793 g/mol. The summed E-state index contributed by atoms with van der Waals surface area (Å²) in [4.78, 5) is 59.5. The second-order valence-corrected chi connectivity index (χ2v) is 17.6. The summed E-state index contributed by atoms with van der Waals surface area (Å²) >= 11 is 0. The van der Waals surface area contributed by atoms with E-state index < -0.39 is 41.7 Å². The van der Waals surface area contributed by atoms with Crippen molar-refractivity contribution in [2.24, 2.45) is 11.8 Å². The van der Waals surface area contributed by atoms with Gasteiger partial charge in [0.25, 0.3) is 23.6 Å². The van der Waals surface area contributed by atoms with Crippen LogP contribution in [-0.2, 0) is 5.92 Å². The van der Waals surface area contributed by atoms with E-state index in [1.54, 1.807) is 36.4 Å². The average Bonchev–Trinajstić information content (AvgIpc) is 3.28. The summed E-state index contributed by atoms with van der Waals surface area (Å²) in [5, 5.41) is 5.16. The summed E-state index contributed by atoms with van der Waals surface area (Å²) in [6, 6.07) is 19.8. The topological polar surface area (TPSA) is 74.8 Å². The lowest BCUT2D eigenvalue weighted by atomic mass is 9.81. The maximum atomic E-state index is 16.3. The number of halogens is 4. The Kier molecular flexibility index (Phi) is 12.2. The molecule has 2 aliphatic rings. The highest BCUT2D eigenvalue weighted by Gasteiger charge is 2.62. The Labute approximate surface area is 359 Å². The smallest absolute Gasteiger partial charge is 0.274 e. The molecule has 2 unspecified atom stereocenters. The van der Waals surface area contributed by atoms with E-state index in [4.69, 9.17) is 0 Å². The number of amides is 4. The van der Waals surface area contributed by atoms with E-state index in [1.807, 2.05) is 19.1 Å². The van der Waals surface area contributed by atoms with E-state index in [9.17, 15) is 19.2 Å². The van der Waals surface area contributed by atoms with Crippen molar-refractivity contribution < 1.29 is 36.7 Å². The number of benzene rings is 6. The van der Waals surface area contributed by atoms with Crippen LogP contribution < -0.4 is 0 Å². The van der Waals surface area contributed by atoms with Crippen LogP contribution >= 0.6 is 0 Å². The van der Waals surface area contributed by atoms with Crippen LogP contribution in [0, 0.1) is 11.8 Å². The van der Waals surface area contributed by atoms with Crippen molar-refractivity contribution in [1.29, 1.82) is 0 Å². The molecule has 0 aromatic heterocycles. The fraction of sp³-hybridized carbons (Fsp3) is 0.423. The van der Waals surface area contributed by atoms with Crippen LogP contribution in [0.25, 0.3) is 43.1 Å². The number of hydrogen-bond acceptors (Lipinski definition) is 4. The van der Waals surface area contributed by atoms with Crippen LogP contribution in [0.4, 0.5) is 17.6 Å². The number of imide groups is 2. The van der Waals surface area contributed by atoms with Gasteiger partial charge >= 0.3 is 11.8 Å². The molecule has 4 amide bonds. The first-order chi connectivity index (χ1) is 29.9. The van der Waals surface area contributed by atoms with Gasteiger partial charge in [-0.05, 0) is 81.8 Å². The first kappa shape index (κ1) is 43.3. The van der Waals surface area contributed by atoms with Crippen molar-refractivity contribution in [3.8, 4) is 0 Å². The lowest BCUT2D eigenvalue weighted by Crippen LogP contribution is -2.51. The lowest BCUT2D eigenvalue weighted by Gasteiger charge is -2.37. The zero-order valence-electron chi connectivity index (χ0n) is 35.8. The summed E-state index contributed by atoms with van der Waals surface area (Å²) in [5.74, 6) is -13.2.